The average Bonchev–Trinajstić information content (AvgIpc) is 2.46. The van der Waals surface area contributed by atoms with E-state index in [1.165, 1.54) is 87.5 Å². The molecule has 0 saturated heterocycles. The Morgan fingerprint density at radius 3 is 1.95 bits per heavy atom. The number of rotatable bonds is 12. The molecule has 1 rings (SSSR count). The number of allylic oxidation sites excluding steroid dienone is 4. The maximum atomic E-state index is 5.95. The first-order valence-electron chi connectivity index (χ1n) is 9.23. The minimum Gasteiger partial charge on any atom is -0.498 e. The molecule has 1 aliphatic carbocycles. The molecule has 122 valence electrons. The molecule has 0 bridgehead atoms. The van der Waals surface area contributed by atoms with Gasteiger partial charge in [0.15, 0.2) is 0 Å². The second kappa shape index (κ2) is 11.9. The monoisotopic (exact) mass is 292 g/mol. The maximum Gasteiger partial charge on any atom is 0.0991 e. The van der Waals surface area contributed by atoms with Crippen LogP contribution in [0, 0.1) is 0 Å². The molecule has 0 aromatic heterocycles. The molecule has 0 N–H and O–H groups in total. The number of hydrogen-bond acceptors (Lipinski definition) is 1. The van der Waals surface area contributed by atoms with Crippen LogP contribution in [0.1, 0.15) is 97.8 Å². The normalized spacial score (nSPS) is 15.3. The third-order valence-electron chi connectivity index (χ3n) is 4.42. The number of ether oxygens (including phenoxy) is 1. The van der Waals surface area contributed by atoms with E-state index in [0.717, 1.165) is 13.0 Å². The fourth-order valence-electron chi connectivity index (χ4n) is 3.00. The molecule has 1 nitrogen and oxygen atoms in total. The lowest BCUT2D eigenvalue weighted by Crippen LogP contribution is -2.02. The molecule has 1 aliphatic rings. The highest BCUT2D eigenvalue weighted by molar-refractivity contribution is 5.28. The van der Waals surface area contributed by atoms with Gasteiger partial charge >= 0.3 is 0 Å². The second-order valence-electron chi connectivity index (χ2n) is 6.63. The highest BCUT2D eigenvalue weighted by Crippen LogP contribution is 2.24. The van der Waals surface area contributed by atoms with Crippen LogP contribution in [0.2, 0.25) is 0 Å². The first-order valence-corrected chi connectivity index (χ1v) is 9.23. The van der Waals surface area contributed by atoms with Crippen molar-refractivity contribution in [3.8, 4) is 0 Å². The fourth-order valence-corrected chi connectivity index (χ4v) is 3.00. The van der Waals surface area contributed by atoms with Gasteiger partial charge in [0.05, 0.1) is 12.4 Å². The van der Waals surface area contributed by atoms with Crippen LogP contribution in [0.15, 0.2) is 23.0 Å². The SMILES string of the molecule is CCCCCCCCCCCCOC1=C(C)C=C(C)CC1. The van der Waals surface area contributed by atoms with E-state index in [1.807, 2.05) is 0 Å². The van der Waals surface area contributed by atoms with Gasteiger partial charge in [0.25, 0.3) is 0 Å². The smallest absolute Gasteiger partial charge is 0.0991 e. The first kappa shape index (κ1) is 18.3. The summed E-state index contributed by atoms with van der Waals surface area (Å²) >= 11 is 0. The van der Waals surface area contributed by atoms with Crippen LogP contribution < -0.4 is 0 Å². The molecule has 0 saturated carbocycles. The predicted octanol–water partition coefficient (Wildman–Crippen LogP) is 6.94. The van der Waals surface area contributed by atoms with Gasteiger partial charge in [-0.3, -0.25) is 0 Å². The minimum absolute atomic E-state index is 0.913. The largest absolute Gasteiger partial charge is 0.498 e. The van der Waals surface area contributed by atoms with E-state index in [2.05, 4.69) is 26.8 Å². The van der Waals surface area contributed by atoms with Crippen molar-refractivity contribution in [1.82, 2.24) is 0 Å². The van der Waals surface area contributed by atoms with Crippen molar-refractivity contribution in [3.63, 3.8) is 0 Å². The van der Waals surface area contributed by atoms with E-state index in [9.17, 15) is 0 Å². The van der Waals surface area contributed by atoms with Gasteiger partial charge in [0.1, 0.15) is 0 Å². The van der Waals surface area contributed by atoms with Gasteiger partial charge in [-0.2, -0.15) is 0 Å². The van der Waals surface area contributed by atoms with E-state index in [4.69, 9.17) is 4.74 Å². The summed E-state index contributed by atoms with van der Waals surface area (Å²) < 4.78 is 5.95. The Hall–Kier alpha value is -0.720. The third kappa shape index (κ3) is 9.01. The van der Waals surface area contributed by atoms with Gasteiger partial charge in [-0.05, 0) is 32.3 Å². The van der Waals surface area contributed by atoms with Crippen molar-refractivity contribution in [2.45, 2.75) is 97.8 Å². The molecular weight excluding hydrogens is 256 g/mol. The molecule has 1 heteroatoms. The summed E-state index contributed by atoms with van der Waals surface area (Å²) in [5.74, 6) is 1.23. The van der Waals surface area contributed by atoms with Crippen molar-refractivity contribution in [2.24, 2.45) is 0 Å². The molecule has 0 amide bonds. The molecule has 0 aromatic carbocycles. The van der Waals surface area contributed by atoms with Crippen LogP contribution in [0.5, 0.6) is 0 Å². The van der Waals surface area contributed by atoms with Crippen LogP contribution in [-0.2, 0) is 4.74 Å². The van der Waals surface area contributed by atoms with Gasteiger partial charge in [0.2, 0.25) is 0 Å². The van der Waals surface area contributed by atoms with Gasteiger partial charge in [-0.25, -0.2) is 0 Å². The predicted molar refractivity (Wildman–Crippen MR) is 93.5 cm³/mol. The Morgan fingerprint density at radius 1 is 0.810 bits per heavy atom. The molecule has 0 atom stereocenters. The van der Waals surface area contributed by atoms with Crippen LogP contribution >= 0.6 is 0 Å². The standard InChI is InChI=1S/C20H36O/c1-4-5-6-7-8-9-10-11-12-13-16-21-20-15-14-18(2)17-19(20)3/h17H,4-16H2,1-3H3. The molecule has 0 aromatic rings. The summed E-state index contributed by atoms with van der Waals surface area (Å²) in [6.07, 6.45) is 18.4. The third-order valence-corrected chi connectivity index (χ3v) is 4.42. The van der Waals surface area contributed by atoms with Gasteiger partial charge in [-0.15, -0.1) is 0 Å². The summed E-state index contributed by atoms with van der Waals surface area (Å²) in [4.78, 5) is 0. The zero-order chi connectivity index (χ0) is 15.3. The van der Waals surface area contributed by atoms with Gasteiger partial charge < -0.3 is 4.74 Å². The van der Waals surface area contributed by atoms with Crippen LogP contribution in [0.25, 0.3) is 0 Å². The van der Waals surface area contributed by atoms with Crippen LogP contribution in [0.3, 0.4) is 0 Å². The highest BCUT2D eigenvalue weighted by atomic mass is 16.5. The summed E-state index contributed by atoms with van der Waals surface area (Å²) in [5, 5.41) is 0. The van der Waals surface area contributed by atoms with E-state index >= 15 is 0 Å². The summed E-state index contributed by atoms with van der Waals surface area (Å²) in [7, 11) is 0. The second-order valence-corrected chi connectivity index (χ2v) is 6.63. The first-order chi connectivity index (χ1) is 10.2. The van der Waals surface area contributed by atoms with Crippen molar-refractivity contribution < 1.29 is 4.74 Å². The molecular formula is C20H36O. The van der Waals surface area contributed by atoms with Gasteiger partial charge in [-0.1, -0.05) is 76.4 Å². The quantitative estimate of drug-likeness (QED) is 0.354. The van der Waals surface area contributed by atoms with E-state index in [1.54, 1.807) is 0 Å². The van der Waals surface area contributed by atoms with Crippen molar-refractivity contribution in [2.75, 3.05) is 6.61 Å². The van der Waals surface area contributed by atoms with Gasteiger partial charge in [0, 0.05) is 6.42 Å². The number of hydrogen-bond donors (Lipinski definition) is 0. The molecule has 21 heavy (non-hydrogen) atoms. The average molecular weight is 293 g/mol. The van der Waals surface area contributed by atoms with E-state index in [0.29, 0.717) is 0 Å². The summed E-state index contributed by atoms with van der Waals surface area (Å²) in [5.41, 5.74) is 2.82. The highest BCUT2D eigenvalue weighted by Gasteiger charge is 2.08. The molecule has 0 fully saturated rings. The lowest BCUT2D eigenvalue weighted by Gasteiger charge is -2.17. The zero-order valence-electron chi connectivity index (χ0n) is 14.7. The Morgan fingerprint density at radius 2 is 1.38 bits per heavy atom. The van der Waals surface area contributed by atoms with E-state index < -0.39 is 0 Å². The van der Waals surface area contributed by atoms with Crippen LogP contribution in [-0.4, -0.2) is 6.61 Å². The molecule has 0 radical (unpaired) electrons. The van der Waals surface area contributed by atoms with Crippen molar-refractivity contribution in [1.29, 1.82) is 0 Å². The Balaban J connectivity index is 1.90. The summed E-state index contributed by atoms with van der Waals surface area (Å²) in [6.45, 7) is 7.58. The zero-order valence-corrected chi connectivity index (χ0v) is 14.7. The Bertz CT molecular complexity index is 325. The lowest BCUT2D eigenvalue weighted by molar-refractivity contribution is 0.192. The number of unbranched alkanes of at least 4 members (excludes halogenated alkanes) is 9. The Kier molecular flexibility index (Phi) is 10.4. The molecule has 0 unspecified atom stereocenters. The molecule has 0 spiro atoms. The maximum absolute atomic E-state index is 5.95. The topological polar surface area (TPSA) is 9.23 Å². The summed E-state index contributed by atoms with van der Waals surface area (Å²) in [6, 6.07) is 0. The van der Waals surface area contributed by atoms with Crippen LogP contribution in [0.4, 0.5) is 0 Å². The molecule has 0 heterocycles. The van der Waals surface area contributed by atoms with Crippen molar-refractivity contribution in [3.05, 3.63) is 23.0 Å². The minimum atomic E-state index is 0.913. The Labute approximate surface area is 132 Å². The van der Waals surface area contributed by atoms with E-state index in [-0.39, 0.29) is 0 Å². The fraction of sp³-hybridized carbons (Fsp3) is 0.800. The van der Waals surface area contributed by atoms with Crippen molar-refractivity contribution >= 4 is 0 Å². The lowest BCUT2D eigenvalue weighted by atomic mass is 10.00. The molecule has 0 aliphatic heterocycles.